The van der Waals surface area contributed by atoms with E-state index in [1.165, 1.54) is 11.1 Å². The first-order valence-electron chi connectivity index (χ1n) is 9.18. The molecule has 0 bridgehead atoms. The fourth-order valence-corrected chi connectivity index (χ4v) is 4.14. The Labute approximate surface area is 160 Å². The molecule has 2 aliphatic rings. The molecule has 2 aromatic carbocycles. The van der Waals surface area contributed by atoms with Gasteiger partial charge in [-0.1, -0.05) is 41.9 Å². The predicted octanol–water partition coefficient (Wildman–Crippen LogP) is 3.05. The van der Waals surface area contributed by atoms with Gasteiger partial charge in [-0.2, -0.15) is 0 Å². The molecule has 136 valence electrons. The Morgan fingerprint density at radius 1 is 1.00 bits per heavy atom. The van der Waals surface area contributed by atoms with E-state index in [9.17, 15) is 4.79 Å². The van der Waals surface area contributed by atoms with Gasteiger partial charge in [-0.25, -0.2) is 0 Å². The second-order valence-electron chi connectivity index (χ2n) is 7.18. The Morgan fingerprint density at radius 3 is 2.42 bits per heavy atom. The predicted molar refractivity (Wildman–Crippen MR) is 106 cm³/mol. The van der Waals surface area contributed by atoms with Crippen molar-refractivity contribution in [2.75, 3.05) is 38.1 Å². The zero-order valence-electron chi connectivity index (χ0n) is 15.1. The zero-order chi connectivity index (χ0) is 18.1. The summed E-state index contributed by atoms with van der Waals surface area (Å²) in [6, 6.07) is 16.3. The van der Waals surface area contributed by atoms with Crippen LogP contribution in [0.3, 0.4) is 0 Å². The summed E-state index contributed by atoms with van der Waals surface area (Å²) in [5.74, 6) is 0.217. The van der Waals surface area contributed by atoms with Crippen LogP contribution in [0, 0.1) is 0 Å². The van der Waals surface area contributed by atoms with Crippen molar-refractivity contribution in [3.63, 3.8) is 0 Å². The number of fused-ring (bicyclic) bond motifs is 1. The highest BCUT2D eigenvalue weighted by Gasteiger charge is 2.35. The summed E-state index contributed by atoms with van der Waals surface area (Å²) in [7, 11) is 1.89. The van der Waals surface area contributed by atoms with Crippen LogP contribution in [0.2, 0.25) is 5.02 Å². The Kier molecular flexibility index (Phi) is 4.98. The number of carbonyl (C=O) groups excluding carboxylic acids is 1. The molecular formula is C21H24ClN3O. The standard InChI is InChI=1S/C21H24ClN3O/c1-23-19-5-3-2-4-17(19)14-20(21(23)26)25-12-10-24(11-13-25)15-16-6-8-18(22)9-7-16/h2-9,20H,10-15H2,1H3. The number of carbonyl (C=O) groups is 1. The number of halogens is 1. The van der Waals surface area contributed by atoms with Crippen LogP contribution in [0.25, 0.3) is 0 Å². The summed E-state index contributed by atoms with van der Waals surface area (Å²) < 4.78 is 0. The summed E-state index contributed by atoms with van der Waals surface area (Å²) in [6.07, 6.45) is 0.816. The maximum atomic E-state index is 12.8. The summed E-state index contributed by atoms with van der Waals surface area (Å²) in [5, 5.41) is 0.777. The lowest BCUT2D eigenvalue weighted by molar-refractivity contribution is -0.124. The van der Waals surface area contributed by atoms with Gasteiger partial charge in [0.15, 0.2) is 0 Å². The van der Waals surface area contributed by atoms with E-state index < -0.39 is 0 Å². The fraction of sp³-hybridized carbons (Fsp3) is 0.381. The van der Waals surface area contributed by atoms with Gasteiger partial charge in [0.2, 0.25) is 5.91 Å². The lowest BCUT2D eigenvalue weighted by atomic mass is 9.96. The molecule has 26 heavy (non-hydrogen) atoms. The third-order valence-electron chi connectivity index (χ3n) is 5.55. The maximum absolute atomic E-state index is 12.8. The van der Waals surface area contributed by atoms with Crippen LogP contribution in [0.15, 0.2) is 48.5 Å². The van der Waals surface area contributed by atoms with Crippen LogP contribution in [0.4, 0.5) is 5.69 Å². The Bertz CT molecular complexity index is 784. The van der Waals surface area contributed by atoms with Gasteiger partial charge in [0, 0.05) is 50.5 Å². The van der Waals surface area contributed by atoms with Crippen molar-refractivity contribution in [1.29, 1.82) is 0 Å². The molecule has 1 fully saturated rings. The first-order valence-corrected chi connectivity index (χ1v) is 9.56. The minimum absolute atomic E-state index is 0.0346. The van der Waals surface area contributed by atoms with Crippen LogP contribution in [0.1, 0.15) is 11.1 Å². The van der Waals surface area contributed by atoms with Crippen LogP contribution in [-0.4, -0.2) is 55.0 Å². The highest BCUT2D eigenvalue weighted by Crippen LogP contribution is 2.29. The number of amides is 1. The number of likely N-dealkylation sites (N-methyl/N-ethyl adjacent to an activating group) is 1. The van der Waals surface area contributed by atoms with Gasteiger partial charge in [0.1, 0.15) is 0 Å². The molecule has 0 N–H and O–H groups in total. The molecular weight excluding hydrogens is 346 g/mol. The number of piperazine rings is 1. The second-order valence-corrected chi connectivity index (χ2v) is 7.62. The molecule has 2 aliphatic heterocycles. The van der Waals surface area contributed by atoms with Crippen molar-refractivity contribution in [2.45, 2.75) is 19.0 Å². The monoisotopic (exact) mass is 369 g/mol. The topological polar surface area (TPSA) is 26.8 Å². The fourth-order valence-electron chi connectivity index (χ4n) is 4.01. The lowest BCUT2D eigenvalue weighted by Crippen LogP contribution is -2.57. The summed E-state index contributed by atoms with van der Waals surface area (Å²) in [4.78, 5) is 19.5. The highest BCUT2D eigenvalue weighted by atomic mass is 35.5. The number of rotatable bonds is 3. The van der Waals surface area contributed by atoms with E-state index >= 15 is 0 Å². The average Bonchev–Trinajstić information content (AvgIpc) is 2.67. The van der Waals surface area contributed by atoms with E-state index in [4.69, 9.17) is 11.6 Å². The van der Waals surface area contributed by atoms with Crippen LogP contribution >= 0.6 is 11.6 Å². The summed E-state index contributed by atoms with van der Waals surface area (Å²) in [5.41, 5.74) is 3.60. The third-order valence-corrected chi connectivity index (χ3v) is 5.80. The molecule has 0 saturated carbocycles. The lowest BCUT2D eigenvalue weighted by Gasteiger charge is -2.42. The van der Waals surface area contributed by atoms with Gasteiger partial charge < -0.3 is 4.90 Å². The van der Waals surface area contributed by atoms with Gasteiger partial charge in [-0.15, -0.1) is 0 Å². The number of hydrogen-bond donors (Lipinski definition) is 0. The molecule has 1 unspecified atom stereocenters. The first kappa shape index (κ1) is 17.5. The normalized spacial score (nSPS) is 21.7. The van der Waals surface area contributed by atoms with E-state index in [2.05, 4.69) is 34.1 Å². The quantitative estimate of drug-likeness (QED) is 0.832. The number of anilines is 1. The molecule has 4 nitrogen and oxygen atoms in total. The number of benzene rings is 2. The zero-order valence-corrected chi connectivity index (χ0v) is 15.8. The van der Waals surface area contributed by atoms with Crippen molar-refractivity contribution >= 4 is 23.2 Å². The van der Waals surface area contributed by atoms with E-state index in [0.717, 1.165) is 49.9 Å². The third kappa shape index (κ3) is 3.50. The molecule has 5 heteroatoms. The smallest absolute Gasteiger partial charge is 0.244 e. The van der Waals surface area contributed by atoms with Crippen molar-refractivity contribution in [3.8, 4) is 0 Å². The number of hydrogen-bond acceptors (Lipinski definition) is 3. The van der Waals surface area contributed by atoms with E-state index in [0.29, 0.717) is 0 Å². The first-order chi connectivity index (χ1) is 12.6. The van der Waals surface area contributed by atoms with Crippen LogP contribution < -0.4 is 4.90 Å². The number of para-hydroxylation sites is 1. The molecule has 1 amide bonds. The Balaban J connectivity index is 1.39. The Morgan fingerprint density at radius 2 is 1.69 bits per heavy atom. The van der Waals surface area contributed by atoms with Crippen LogP contribution in [0.5, 0.6) is 0 Å². The van der Waals surface area contributed by atoms with Gasteiger partial charge in [-0.05, 0) is 35.7 Å². The van der Waals surface area contributed by atoms with Gasteiger partial charge in [0.25, 0.3) is 0 Å². The van der Waals surface area contributed by atoms with Gasteiger partial charge in [0.05, 0.1) is 6.04 Å². The average molecular weight is 370 g/mol. The van der Waals surface area contributed by atoms with Gasteiger partial charge in [-0.3, -0.25) is 14.6 Å². The maximum Gasteiger partial charge on any atom is 0.244 e. The molecule has 2 aromatic rings. The summed E-state index contributed by atoms with van der Waals surface area (Å²) >= 11 is 5.96. The van der Waals surface area contributed by atoms with Crippen molar-refractivity contribution in [2.24, 2.45) is 0 Å². The largest absolute Gasteiger partial charge is 0.314 e. The van der Waals surface area contributed by atoms with E-state index in [-0.39, 0.29) is 11.9 Å². The number of nitrogens with zero attached hydrogens (tertiary/aromatic N) is 3. The molecule has 2 heterocycles. The van der Waals surface area contributed by atoms with E-state index in [1.807, 2.05) is 36.2 Å². The minimum atomic E-state index is -0.0346. The molecule has 0 radical (unpaired) electrons. The molecule has 0 spiro atoms. The SMILES string of the molecule is CN1C(=O)C(N2CCN(Cc3ccc(Cl)cc3)CC2)Cc2ccccc21. The van der Waals surface area contributed by atoms with Crippen molar-refractivity contribution in [3.05, 3.63) is 64.7 Å². The summed E-state index contributed by atoms with van der Waals surface area (Å²) in [6.45, 7) is 4.77. The molecule has 0 aromatic heterocycles. The van der Waals surface area contributed by atoms with Crippen molar-refractivity contribution in [1.82, 2.24) is 9.80 Å². The molecule has 0 aliphatic carbocycles. The molecule has 1 saturated heterocycles. The van der Waals surface area contributed by atoms with Crippen molar-refractivity contribution < 1.29 is 4.79 Å². The Hall–Kier alpha value is -1.88. The molecule has 4 rings (SSSR count). The van der Waals surface area contributed by atoms with E-state index in [1.54, 1.807) is 0 Å². The molecule has 1 atom stereocenters. The van der Waals surface area contributed by atoms with Crippen LogP contribution in [-0.2, 0) is 17.8 Å². The minimum Gasteiger partial charge on any atom is -0.314 e. The highest BCUT2D eigenvalue weighted by molar-refractivity contribution is 6.30. The second kappa shape index (κ2) is 7.39. The van der Waals surface area contributed by atoms with Gasteiger partial charge >= 0.3 is 0 Å².